The minimum Gasteiger partial charge on any atom is -0.371 e. The zero-order valence-electron chi connectivity index (χ0n) is 14.4. The van der Waals surface area contributed by atoms with Crippen LogP contribution in [-0.4, -0.2) is 22.6 Å². The molecule has 3 nitrogen and oxygen atoms in total. The number of likely N-dealkylation sites (N-methyl/N-ethyl adjacent to an activating group) is 1. The van der Waals surface area contributed by atoms with Gasteiger partial charge >= 0.3 is 0 Å². The van der Waals surface area contributed by atoms with Crippen LogP contribution in [0.5, 0.6) is 0 Å². The second kappa shape index (κ2) is 6.71. The number of hydrogen-bond donors (Lipinski definition) is 0. The molecule has 0 saturated carbocycles. The number of halogens is 1. The largest absolute Gasteiger partial charge is 0.371 e. The molecule has 4 rings (SSSR count). The Bertz CT molecular complexity index is 840. The van der Waals surface area contributed by atoms with Crippen molar-refractivity contribution in [3.05, 3.63) is 83.7 Å². The number of para-hydroxylation sites is 1. The maximum absolute atomic E-state index is 13.3. The van der Waals surface area contributed by atoms with E-state index in [1.54, 1.807) is 0 Å². The normalized spacial score (nSPS) is 14.6. The van der Waals surface area contributed by atoms with Gasteiger partial charge in [0.1, 0.15) is 5.82 Å². The fraction of sp³-hybridized carbons (Fsp3) is 0.286. The highest BCUT2D eigenvalue weighted by Gasteiger charge is 2.26. The lowest BCUT2D eigenvalue weighted by molar-refractivity contribution is 0.577. The highest BCUT2D eigenvalue weighted by Crippen LogP contribution is 2.37. The van der Waals surface area contributed by atoms with Crippen LogP contribution in [0.1, 0.15) is 29.7 Å². The van der Waals surface area contributed by atoms with Gasteiger partial charge in [-0.15, -0.1) is 0 Å². The van der Waals surface area contributed by atoms with E-state index >= 15 is 0 Å². The summed E-state index contributed by atoms with van der Waals surface area (Å²) in [5, 5.41) is 0. The van der Waals surface area contributed by atoms with Crippen LogP contribution < -0.4 is 4.90 Å². The standard InChI is InChI=1S/C21H22FN3/c1-2-24-12-10-17-4-3-5-19(21(17)24)20(25-13-11-23-15-25)14-16-6-8-18(22)9-7-16/h3-9,11,13,15,20H,2,10,12,14H2,1H3. The third-order valence-electron chi connectivity index (χ3n) is 5.09. The zero-order valence-corrected chi connectivity index (χ0v) is 14.4. The maximum atomic E-state index is 13.3. The van der Waals surface area contributed by atoms with E-state index < -0.39 is 0 Å². The number of aromatic nitrogens is 2. The summed E-state index contributed by atoms with van der Waals surface area (Å²) in [6, 6.07) is 13.6. The van der Waals surface area contributed by atoms with E-state index in [1.807, 2.05) is 30.9 Å². The van der Waals surface area contributed by atoms with Crippen LogP contribution in [0.3, 0.4) is 0 Å². The van der Waals surface area contributed by atoms with Gasteiger partial charge in [0, 0.05) is 31.2 Å². The van der Waals surface area contributed by atoms with E-state index in [4.69, 9.17) is 0 Å². The molecule has 0 aliphatic carbocycles. The van der Waals surface area contributed by atoms with Crippen LogP contribution in [0.2, 0.25) is 0 Å². The molecule has 0 N–H and O–H groups in total. The summed E-state index contributed by atoms with van der Waals surface area (Å²) >= 11 is 0. The summed E-state index contributed by atoms with van der Waals surface area (Å²) in [7, 11) is 0. The molecule has 25 heavy (non-hydrogen) atoms. The molecule has 0 radical (unpaired) electrons. The number of fused-ring (bicyclic) bond motifs is 1. The van der Waals surface area contributed by atoms with E-state index in [1.165, 1.54) is 28.9 Å². The predicted molar refractivity (Wildman–Crippen MR) is 98.5 cm³/mol. The Kier molecular flexibility index (Phi) is 4.26. The Hall–Kier alpha value is -2.62. The van der Waals surface area contributed by atoms with Gasteiger partial charge in [0.2, 0.25) is 0 Å². The summed E-state index contributed by atoms with van der Waals surface area (Å²) in [4.78, 5) is 6.70. The van der Waals surface area contributed by atoms with Crippen molar-refractivity contribution in [2.45, 2.75) is 25.8 Å². The topological polar surface area (TPSA) is 21.1 Å². The average molecular weight is 335 g/mol. The van der Waals surface area contributed by atoms with Gasteiger partial charge in [0.05, 0.1) is 12.4 Å². The van der Waals surface area contributed by atoms with Crippen molar-refractivity contribution in [3.63, 3.8) is 0 Å². The van der Waals surface area contributed by atoms with Gasteiger partial charge in [-0.1, -0.05) is 30.3 Å². The summed E-state index contributed by atoms with van der Waals surface area (Å²) < 4.78 is 15.4. The molecule has 1 unspecified atom stereocenters. The molecular formula is C21H22FN3. The molecule has 0 bridgehead atoms. The fourth-order valence-electron chi connectivity index (χ4n) is 3.82. The number of hydrogen-bond acceptors (Lipinski definition) is 2. The Labute approximate surface area is 147 Å². The van der Waals surface area contributed by atoms with Crippen molar-refractivity contribution in [1.29, 1.82) is 0 Å². The molecule has 1 aliphatic heterocycles. The minimum absolute atomic E-state index is 0.148. The maximum Gasteiger partial charge on any atom is 0.123 e. The molecule has 4 heteroatoms. The summed E-state index contributed by atoms with van der Waals surface area (Å²) in [6.07, 6.45) is 7.62. The van der Waals surface area contributed by atoms with Crippen molar-refractivity contribution < 1.29 is 4.39 Å². The molecule has 0 saturated heterocycles. The van der Waals surface area contributed by atoms with Crippen LogP contribution in [-0.2, 0) is 12.8 Å². The number of nitrogens with zero attached hydrogens (tertiary/aromatic N) is 3. The lowest BCUT2D eigenvalue weighted by atomic mass is 9.95. The van der Waals surface area contributed by atoms with Crippen LogP contribution in [0.15, 0.2) is 61.2 Å². The van der Waals surface area contributed by atoms with Crippen molar-refractivity contribution in [1.82, 2.24) is 9.55 Å². The summed E-state index contributed by atoms with van der Waals surface area (Å²) in [5.74, 6) is -0.194. The molecule has 128 valence electrons. The smallest absolute Gasteiger partial charge is 0.123 e. The number of imidazole rings is 1. The first-order valence-corrected chi connectivity index (χ1v) is 8.85. The number of anilines is 1. The lowest BCUT2D eigenvalue weighted by Gasteiger charge is -2.26. The molecule has 1 aliphatic rings. The average Bonchev–Trinajstić information content (AvgIpc) is 3.30. The van der Waals surface area contributed by atoms with Gasteiger partial charge in [0.25, 0.3) is 0 Å². The second-order valence-corrected chi connectivity index (χ2v) is 6.54. The van der Waals surface area contributed by atoms with Gasteiger partial charge in [0.15, 0.2) is 0 Å². The molecule has 3 aromatic rings. The van der Waals surface area contributed by atoms with Crippen molar-refractivity contribution in [2.75, 3.05) is 18.0 Å². The van der Waals surface area contributed by atoms with E-state index in [9.17, 15) is 4.39 Å². The lowest BCUT2D eigenvalue weighted by Crippen LogP contribution is -2.23. The van der Waals surface area contributed by atoms with Gasteiger partial charge in [-0.2, -0.15) is 0 Å². The van der Waals surface area contributed by atoms with E-state index in [2.05, 4.69) is 39.6 Å². The Morgan fingerprint density at radius 3 is 2.72 bits per heavy atom. The van der Waals surface area contributed by atoms with Gasteiger partial charge in [-0.25, -0.2) is 9.37 Å². The molecule has 0 fully saturated rings. The summed E-state index contributed by atoms with van der Waals surface area (Å²) in [5.41, 5.74) is 5.23. The Morgan fingerprint density at radius 2 is 2.00 bits per heavy atom. The predicted octanol–water partition coefficient (Wildman–Crippen LogP) is 4.24. The van der Waals surface area contributed by atoms with Gasteiger partial charge in [-0.05, 0) is 48.6 Å². The van der Waals surface area contributed by atoms with Crippen molar-refractivity contribution in [2.24, 2.45) is 0 Å². The van der Waals surface area contributed by atoms with E-state index in [0.717, 1.165) is 31.5 Å². The van der Waals surface area contributed by atoms with Crippen LogP contribution in [0, 0.1) is 5.82 Å². The SMILES string of the molecule is CCN1CCc2cccc(C(Cc3ccc(F)cc3)n3ccnc3)c21. The highest BCUT2D eigenvalue weighted by atomic mass is 19.1. The fourth-order valence-corrected chi connectivity index (χ4v) is 3.82. The third kappa shape index (κ3) is 3.04. The highest BCUT2D eigenvalue weighted by molar-refractivity contribution is 5.64. The van der Waals surface area contributed by atoms with E-state index in [0.29, 0.717) is 0 Å². The Balaban J connectivity index is 1.77. The minimum atomic E-state index is -0.194. The molecule has 1 atom stereocenters. The van der Waals surface area contributed by atoms with Crippen LogP contribution in [0.4, 0.5) is 10.1 Å². The van der Waals surface area contributed by atoms with Crippen molar-refractivity contribution in [3.8, 4) is 0 Å². The second-order valence-electron chi connectivity index (χ2n) is 6.54. The molecule has 2 aromatic carbocycles. The van der Waals surface area contributed by atoms with Crippen LogP contribution in [0.25, 0.3) is 0 Å². The zero-order chi connectivity index (χ0) is 17.2. The molecule has 1 aromatic heterocycles. The monoisotopic (exact) mass is 335 g/mol. The summed E-state index contributed by atoms with van der Waals surface area (Å²) in [6.45, 7) is 4.30. The molecule has 2 heterocycles. The first-order chi connectivity index (χ1) is 12.3. The quantitative estimate of drug-likeness (QED) is 0.695. The van der Waals surface area contributed by atoms with Crippen molar-refractivity contribution >= 4 is 5.69 Å². The van der Waals surface area contributed by atoms with Gasteiger partial charge in [-0.3, -0.25) is 0 Å². The first-order valence-electron chi connectivity index (χ1n) is 8.85. The third-order valence-corrected chi connectivity index (χ3v) is 5.09. The molecular weight excluding hydrogens is 313 g/mol. The van der Waals surface area contributed by atoms with Gasteiger partial charge < -0.3 is 9.47 Å². The number of rotatable bonds is 5. The molecule has 0 spiro atoms. The van der Waals surface area contributed by atoms with Crippen LogP contribution >= 0.6 is 0 Å². The Morgan fingerprint density at radius 1 is 1.16 bits per heavy atom. The first kappa shape index (κ1) is 15.9. The van der Waals surface area contributed by atoms with E-state index in [-0.39, 0.29) is 11.9 Å². The number of benzene rings is 2. The molecule has 0 amide bonds.